The summed E-state index contributed by atoms with van der Waals surface area (Å²) in [6.07, 6.45) is 0.291. The second kappa shape index (κ2) is 15.9. The molecular formula is C41H40N4O6. The Morgan fingerprint density at radius 2 is 1.29 bits per heavy atom. The minimum Gasteiger partial charge on any atom is -0.493 e. The van der Waals surface area contributed by atoms with Gasteiger partial charge in [-0.25, -0.2) is 0 Å². The Morgan fingerprint density at radius 1 is 0.706 bits per heavy atom. The van der Waals surface area contributed by atoms with E-state index in [1.807, 2.05) is 121 Å². The maximum Gasteiger partial charge on any atom is 0.257 e. The molecular weight excluding hydrogens is 644 g/mol. The third-order valence-corrected chi connectivity index (χ3v) is 8.79. The number of hydrazone groups is 2. The van der Waals surface area contributed by atoms with Gasteiger partial charge in [-0.1, -0.05) is 66.7 Å². The lowest BCUT2D eigenvalue weighted by Crippen LogP contribution is -2.33. The lowest BCUT2D eigenvalue weighted by Gasteiger charge is -2.27. The minimum atomic E-state index is -0.738. The molecule has 0 saturated heterocycles. The summed E-state index contributed by atoms with van der Waals surface area (Å²) in [5.74, 6) is 1.07. The first-order valence-electron chi connectivity index (χ1n) is 16.4. The van der Waals surface area contributed by atoms with Crippen LogP contribution in [-0.4, -0.2) is 52.9 Å². The number of rotatable bonds is 14. The van der Waals surface area contributed by atoms with Crippen molar-refractivity contribution in [2.75, 3.05) is 46.0 Å². The number of nitrogens with zero attached hydrogens (tertiary/aromatic N) is 3. The van der Waals surface area contributed by atoms with E-state index in [1.165, 1.54) is 5.01 Å². The molecule has 10 heteroatoms. The van der Waals surface area contributed by atoms with E-state index in [0.717, 1.165) is 22.4 Å². The van der Waals surface area contributed by atoms with Gasteiger partial charge in [0.1, 0.15) is 0 Å². The van der Waals surface area contributed by atoms with Crippen LogP contribution < -0.4 is 34.1 Å². The highest BCUT2D eigenvalue weighted by molar-refractivity contribution is 6.22. The topological polar surface area (TPSA) is 103 Å². The number of para-hydroxylation sites is 2. The summed E-state index contributed by atoms with van der Waals surface area (Å²) in [6, 6.07) is 38.3. The third kappa shape index (κ3) is 7.35. The van der Waals surface area contributed by atoms with Gasteiger partial charge < -0.3 is 23.7 Å². The van der Waals surface area contributed by atoms with Gasteiger partial charge in [0, 0.05) is 17.9 Å². The van der Waals surface area contributed by atoms with Crippen molar-refractivity contribution in [1.29, 1.82) is 0 Å². The van der Waals surface area contributed by atoms with Crippen LogP contribution in [0, 0.1) is 5.92 Å². The van der Waals surface area contributed by atoms with E-state index >= 15 is 0 Å². The monoisotopic (exact) mass is 684 g/mol. The van der Waals surface area contributed by atoms with E-state index < -0.39 is 11.8 Å². The summed E-state index contributed by atoms with van der Waals surface area (Å²) in [7, 11) is 7.90. The molecule has 51 heavy (non-hydrogen) atoms. The van der Waals surface area contributed by atoms with E-state index in [0.29, 0.717) is 52.3 Å². The SMILES string of the molecule is COc1ccc(/C(CC(c2cc(OC)c(OC)c(OC)c2)C2C(=O)N(c3ccccc3)N=C2c2ccccc2)=N\Nc2ccccc2)cc1OC. The Kier molecular flexibility index (Phi) is 10.8. The Morgan fingerprint density at radius 3 is 1.88 bits per heavy atom. The molecule has 1 heterocycles. The Balaban J connectivity index is 1.57. The molecule has 1 aliphatic heterocycles. The molecule has 0 saturated carbocycles. The zero-order valence-corrected chi connectivity index (χ0v) is 29.2. The summed E-state index contributed by atoms with van der Waals surface area (Å²) in [5.41, 5.74) is 8.38. The first-order valence-corrected chi connectivity index (χ1v) is 16.4. The van der Waals surface area contributed by atoms with Crippen LogP contribution in [0.5, 0.6) is 28.7 Å². The van der Waals surface area contributed by atoms with Crippen LogP contribution >= 0.6 is 0 Å². The Hall–Kier alpha value is -6.29. The van der Waals surface area contributed by atoms with Crippen molar-refractivity contribution in [2.24, 2.45) is 16.1 Å². The van der Waals surface area contributed by atoms with Crippen molar-refractivity contribution in [3.8, 4) is 28.7 Å². The van der Waals surface area contributed by atoms with E-state index in [2.05, 4.69) is 5.43 Å². The second-order valence-electron chi connectivity index (χ2n) is 11.7. The van der Waals surface area contributed by atoms with Crippen LogP contribution in [0.1, 0.15) is 29.0 Å². The van der Waals surface area contributed by atoms with Crippen molar-refractivity contribution in [1.82, 2.24) is 0 Å². The zero-order chi connectivity index (χ0) is 35.7. The maximum absolute atomic E-state index is 14.8. The lowest BCUT2D eigenvalue weighted by atomic mass is 9.77. The molecule has 260 valence electrons. The number of hydrogen-bond acceptors (Lipinski definition) is 9. The highest BCUT2D eigenvalue weighted by Gasteiger charge is 2.44. The number of nitrogens with one attached hydrogen (secondary N) is 1. The standard InChI is InChI=1S/C41H40N4O6/c1-47-34-22-21-28(23-35(34)48-2)33(43-42-30-17-11-7-12-18-30)26-32(29-24-36(49-3)40(51-5)37(25-29)50-4)38-39(27-15-9-6-10-16-27)44-45(41(38)46)31-19-13-8-14-20-31/h6-25,32,38,42H,26H2,1-5H3/b43-33-. The van der Waals surface area contributed by atoms with Gasteiger partial charge in [0.25, 0.3) is 5.91 Å². The second-order valence-corrected chi connectivity index (χ2v) is 11.7. The number of amides is 1. The summed E-state index contributed by atoms with van der Waals surface area (Å²) in [5, 5.41) is 11.5. The zero-order valence-electron chi connectivity index (χ0n) is 29.2. The number of anilines is 2. The fourth-order valence-corrected chi connectivity index (χ4v) is 6.27. The van der Waals surface area contributed by atoms with Crippen LogP contribution in [0.25, 0.3) is 0 Å². The first kappa shape index (κ1) is 34.6. The minimum absolute atomic E-state index is 0.179. The molecule has 0 aromatic heterocycles. The number of hydrogen-bond donors (Lipinski definition) is 1. The largest absolute Gasteiger partial charge is 0.493 e. The Bertz CT molecular complexity index is 1990. The third-order valence-electron chi connectivity index (χ3n) is 8.79. The van der Waals surface area contributed by atoms with Crippen molar-refractivity contribution in [2.45, 2.75) is 12.3 Å². The van der Waals surface area contributed by atoms with Crippen LogP contribution in [0.4, 0.5) is 11.4 Å². The molecule has 0 fully saturated rings. The van der Waals surface area contributed by atoms with Crippen LogP contribution in [-0.2, 0) is 4.79 Å². The van der Waals surface area contributed by atoms with Crippen LogP contribution in [0.15, 0.2) is 132 Å². The van der Waals surface area contributed by atoms with E-state index in [1.54, 1.807) is 35.5 Å². The molecule has 0 bridgehead atoms. The fraction of sp³-hybridized carbons (Fsp3) is 0.195. The molecule has 1 amide bonds. The molecule has 5 aromatic rings. The Labute approximate surface area is 297 Å². The summed E-state index contributed by atoms with van der Waals surface area (Å²) >= 11 is 0. The molecule has 0 spiro atoms. The van der Waals surface area contributed by atoms with Gasteiger partial charge >= 0.3 is 0 Å². The van der Waals surface area contributed by atoms with Crippen molar-refractivity contribution < 1.29 is 28.5 Å². The quantitative estimate of drug-likeness (QED) is 0.0941. The number of methoxy groups -OCH3 is 5. The summed E-state index contributed by atoms with van der Waals surface area (Å²) in [6.45, 7) is 0. The number of carbonyl (C=O) groups is 1. The first-order chi connectivity index (χ1) is 25.0. The molecule has 1 aliphatic rings. The van der Waals surface area contributed by atoms with Gasteiger partial charge in [0.2, 0.25) is 5.75 Å². The van der Waals surface area contributed by atoms with Gasteiger partial charge in [-0.3, -0.25) is 10.2 Å². The molecule has 5 aromatic carbocycles. The number of carbonyl (C=O) groups excluding carboxylic acids is 1. The number of benzene rings is 5. The van der Waals surface area contributed by atoms with Gasteiger partial charge in [-0.2, -0.15) is 15.2 Å². The van der Waals surface area contributed by atoms with Gasteiger partial charge in [0.15, 0.2) is 23.0 Å². The number of ether oxygens (including phenoxy) is 5. The van der Waals surface area contributed by atoms with Crippen molar-refractivity contribution in [3.63, 3.8) is 0 Å². The highest BCUT2D eigenvalue weighted by Crippen LogP contribution is 2.45. The van der Waals surface area contributed by atoms with Crippen LogP contribution in [0.2, 0.25) is 0 Å². The normalized spacial score (nSPS) is 14.8. The van der Waals surface area contributed by atoms with Crippen molar-refractivity contribution in [3.05, 3.63) is 138 Å². The van der Waals surface area contributed by atoms with E-state index in [-0.39, 0.29) is 5.91 Å². The van der Waals surface area contributed by atoms with Gasteiger partial charge in [-0.05, 0) is 65.7 Å². The highest BCUT2D eigenvalue weighted by atomic mass is 16.5. The van der Waals surface area contributed by atoms with Gasteiger partial charge in [-0.15, -0.1) is 0 Å². The lowest BCUT2D eigenvalue weighted by molar-refractivity contribution is -0.120. The summed E-state index contributed by atoms with van der Waals surface area (Å²) in [4.78, 5) is 14.8. The molecule has 2 unspecified atom stereocenters. The molecule has 2 atom stereocenters. The fourth-order valence-electron chi connectivity index (χ4n) is 6.27. The molecule has 6 rings (SSSR count). The van der Waals surface area contributed by atoms with Crippen LogP contribution in [0.3, 0.4) is 0 Å². The molecule has 0 aliphatic carbocycles. The molecule has 10 nitrogen and oxygen atoms in total. The smallest absolute Gasteiger partial charge is 0.257 e. The predicted molar refractivity (Wildman–Crippen MR) is 200 cm³/mol. The average Bonchev–Trinajstić information content (AvgIpc) is 3.54. The van der Waals surface area contributed by atoms with Crippen molar-refractivity contribution >= 4 is 28.7 Å². The molecule has 1 N–H and O–H groups in total. The maximum atomic E-state index is 14.8. The molecule has 0 radical (unpaired) electrons. The summed E-state index contributed by atoms with van der Waals surface area (Å²) < 4.78 is 28.5. The predicted octanol–water partition coefficient (Wildman–Crippen LogP) is 7.79. The van der Waals surface area contributed by atoms with Gasteiger partial charge in [0.05, 0.1) is 64.3 Å². The average molecular weight is 685 g/mol. The van der Waals surface area contributed by atoms with E-state index in [9.17, 15) is 4.79 Å². The van der Waals surface area contributed by atoms with E-state index in [4.69, 9.17) is 33.9 Å².